The lowest BCUT2D eigenvalue weighted by atomic mass is 10.00. The van der Waals surface area contributed by atoms with Crippen LogP contribution in [0.4, 0.5) is 0 Å². The van der Waals surface area contributed by atoms with Gasteiger partial charge in [0.1, 0.15) is 0 Å². The van der Waals surface area contributed by atoms with E-state index in [0.717, 1.165) is 5.56 Å². The second-order valence-corrected chi connectivity index (χ2v) is 6.83. The molecule has 0 bridgehead atoms. The molecule has 0 amide bonds. The maximum atomic E-state index is 12.5. The first kappa shape index (κ1) is 17.2. The molecule has 0 aliphatic heterocycles. The molecule has 7 nitrogen and oxygen atoms in total. The number of carbonyl (C=O) groups is 1. The Bertz CT molecular complexity index is 799. The van der Waals surface area contributed by atoms with Gasteiger partial charge in [-0.2, -0.15) is 0 Å². The molecule has 23 heavy (non-hydrogen) atoms. The highest BCUT2D eigenvalue weighted by molar-refractivity contribution is 7.89. The van der Waals surface area contributed by atoms with Crippen molar-refractivity contribution in [1.82, 2.24) is 14.3 Å². The van der Waals surface area contributed by atoms with Crippen molar-refractivity contribution in [2.75, 3.05) is 0 Å². The maximum absolute atomic E-state index is 12.5. The van der Waals surface area contributed by atoms with E-state index in [1.807, 2.05) is 26.0 Å². The molecule has 0 spiro atoms. The van der Waals surface area contributed by atoms with Crippen LogP contribution in [-0.2, 0) is 21.4 Å². The lowest BCUT2D eigenvalue weighted by molar-refractivity contribution is -0.137. The second-order valence-electron chi connectivity index (χ2n) is 5.17. The highest BCUT2D eigenvalue weighted by atomic mass is 32.2. The van der Waals surface area contributed by atoms with Gasteiger partial charge in [-0.05, 0) is 25.0 Å². The predicted molar refractivity (Wildman–Crippen MR) is 84.4 cm³/mol. The van der Waals surface area contributed by atoms with E-state index in [9.17, 15) is 13.2 Å². The van der Waals surface area contributed by atoms with E-state index in [1.54, 1.807) is 16.7 Å². The Kier molecular flexibility index (Phi) is 5.17. The fraction of sp³-hybridized carbons (Fsp3) is 0.333. The van der Waals surface area contributed by atoms with E-state index in [4.69, 9.17) is 5.11 Å². The third kappa shape index (κ3) is 4.17. The van der Waals surface area contributed by atoms with Crippen LogP contribution in [0.15, 0.2) is 41.8 Å². The van der Waals surface area contributed by atoms with Crippen LogP contribution >= 0.6 is 0 Å². The van der Waals surface area contributed by atoms with Crippen LogP contribution in [0.25, 0.3) is 0 Å². The number of aromatic nitrogens is 2. The van der Waals surface area contributed by atoms with Gasteiger partial charge in [0.2, 0.25) is 0 Å². The number of hydrogen-bond donors (Lipinski definition) is 2. The number of nitrogens with one attached hydrogen (secondary N) is 1. The summed E-state index contributed by atoms with van der Waals surface area (Å²) in [6.07, 6.45) is 2.49. The Morgan fingerprint density at radius 2 is 2.09 bits per heavy atom. The summed E-state index contributed by atoms with van der Waals surface area (Å²) in [5.41, 5.74) is 1.45. The highest BCUT2D eigenvalue weighted by Gasteiger charge is 2.26. The number of hydrogen-bond acceptors (Lipinski definition) is 4. The zero-order valence-electron chi connectivity index (χ0n) is 12.9. The van der Waals surface area contributed by atoms with Gasteiger partial charge in [-0.15, -0.1) is 0 Å². The quantitative estimate of drug-likeness (QED) is 0.801. The van der Waals surface area contributed by atoms with Gasteiger partial charge in [-0.3, -0.25) is 4.79 Å². The third-order valence-corrected chi connectivity index (χ3v) is 4.85. The van der Waals surface area contributed by atoms with E-state index in [-0.39, 0.29) is 11.4 Å². The van der Waals surface area contributed by atoms with E-state index < -0.39 is 22.0 Å². The molecular formula is C15H19N3O4S. The lowest BCUT2D eigenvalue weighted by Gasteiger charge is -2.18. The fourth-order valence-electron chi connectivity index (χ4n) is 2.27. The Morgan fingerprint density at radius 1 is 1.39 bits per heavy atom. The first-order valence-corrected chi connectivity index (χ1v) is 8.63. The summed E-state index contributed by atoms with van der Waals surface area (Å²) in [7, 11) is -3.90. The molecule has 2 N–H and O–H groups in total. The lowest BCUT2D eigenvalue weighted by Crippen LogP contribution is -2.31. The van der Waals surface area contributed by atoms with Gasteiger partial charge < -0.3 is 9.67 Å². The minimum atomic E-state index is -3.90. The standard InChI is InChI=1S/C15H19N3O4S/c1-3-18-9-14(16-10-18)23(21,22)17-13(8-15(19)20)12-7-5-4-6-11(12)2/h4-7,9-10,13,17H,3,8H2,1-2H3,(H,19,20). The van der Waals surface area contributed by atoms with Gasteiger partial charge in [0.25, 0.3) is 10.0 Å². The molecule has 0 saturated heterocycles. The predicted octanol–water partition coefficient (Wildman–Crippen LogP) is 1.71. The van der Waals surface area contributed by atoms with Gasteiger partial charge >= 0.3 is 5.97 Å². The van der Waals surface area contributed by atoms with E-state index >= 15 is 0 Å². The summed E-state index contributed by atoms with van der Waals surface area (Å²) in [4.78, 5) is 15.0. The molecule has 1 unspecified atom stereocenters. The highest BCUT2D eigenvalue weighted by Crippen LogP contribution is 2.23. The summed E-state index contributed by atoms with van der Waals surface area (Å²) >= 11 is 0. The number of sulfonamides is 1. The van der Waals surface area contributed by atoms with Crippen molar-refractivity contribution in [3.8, 4) is 0 Å². The van der Waals surface area contributed by atoms with Crippen LogP contribution in [0.1, 0.15) is 30.5 Å². The maximum Gasteiger partial charge on any atom is 0.305 e. The van der Waals surface area contributed by atoms with Gasteiger partial charge in [-0.1, -0.05) is 24.3 Å². The smallest absolute Gasteiger partial charge is 0.305 e. The summed E-state index contributed by atoms with van der Waals surface area (Å²) in [6.45, 7) is 4.27. The van der Waals surface area contributed by atoms with Gasteiger partial charge in [-0.25, -0.2) is 18.1 Å². The molecule has 0 aliphatic carbocycles. The monoisotopic (exact) mass is 337 g/mol. The number of carboxylic acid groups (broad SMARTS) is 1. The molecule has 8 heteroatoms. The molecule has 0 radical (unpaired) electrons. The largest absolute Gasteiger partial charge is 0.481 e. The van der Waals surface area contributed by atoms with Crippen LogP contribution in [0, 0.1) is 6.92 Å². The van der Waals surface area contributed by atoms with Crippen molar-refractivity contribution in [2.24, 2.45) is 0 Å². The minimum Gasteiger partial charge on any atom is -0.481 e. The molecule has 1 aromatic heterocycles. The molecule has 1 atom stereocenters. The number of carboxylic acids is 1. The van der Waals surface area contributed by atoms with Crippen molar-refractivity contribution in [3.63, 3.8) is 0 Å². The zero-order chi connectivity index (χ0) is 17.0. The van der Waals surface area contributed by atoms with Crippen LogP contribution in [-0.4, -0.2) is 29.0 Å². The molecular weight excluding hydrogens is 318 g/mol. The van der Waals surface area contributed by atoms with Gasteiger partial charge in [0.05, 0.1) is 18.8 Å². The number of aliphatic carboxylic acids is 1. The van der Waals surface area contributed by atoms with E-state index in [1.165, 1.54) is 12.5 Å². The zero-order valence-corrected chi connectivity index (χ0v) is 13.7. The summed E-state index contributed by atoms with van der Waals surface area (Å²) < 4.78 is 29.0. The molecule has 2 rings (SSSR count). The fourth-order valence-corrected chi connectivity index (χ4v) is 3.43. The van der Waals surface area contributed by atoms with E-state index in [0.29, 0.717) is 12.1 Å². The topological polar surface area (TPSA) is 101 Å². The second kappa shape index (κ2) is 6.93. The number of nitrogens with zero attached hydrogens (tertiary/aromatic N) is 2. The van der Waals surface area contributed by atoms with Crippen molar-refractivity contribution in [2.45, 2.75) is 37.9 Å². The first-order valence-electron chi connectivity index (χ1n) is 7.15. The average Bonchev–Trinajstić information content (AvgIpc) is 2.96. The Labute approximate surface area is 135 Å². The molecule has 0 saturated carbocycles. The normalized spacial score (nSPS) is 13.0. The Hall–Kier alpha value is -2.19. The summed E-state index contributed by atoms with van der Waals surface area (Å²) in [5.74, 6) is -1.08. The number of imidazole rings is 1. The molecule has 0 aliphatic rings. The molecule has 1 aromatic carbocycles. The molecule has 1 heterocycles. The van der Waals surface area contributed by atoms with Crippen molar-refractivity contribution in [1.29, 1.82) is 0 Å². The van der Waals surface area contributed by atoms with Crippen LogP contribution in [0.3, 0.4) is 0 Å². The minimum absolute atomic E-state index is 0.122. The van der Waals surface area contributed by atoms with Gasteiger partial charge in [0, 0.05) is 12.7 Å². The van der Waals surface area contributed by atoms with Crippen molar-refractivity contribution in [3.05, 3.63) is 47.9 Å². The van der Waals surface area contributed by atoms with Gasteiger partial charge in [0.15, 0.2) is 5.03 Å². The number of rotatable bonds is 7. The average molecular weight is 337 g/mol. The van der Waals surface area contributed by atoms with E-state index in [2.05, 4.69) is 9.71 Å². The molecule has 124 valence electrons. The first-order chi connectivity index (χ1) is 10.8. The molecule has 2 aromatic rings. The summed E-state index contributed by atoms with van der Waals surface area (Å²) in [6, 6.07) is 6.23. The van der Waals surface area contributed by atoms with Crippen molar-refractivity contribution >= 4 is 16.0 Å². The SMILES string of the molecule is CCn1cnc(S(=O)(=O)NC(CC(=O)O)c2ccccc2C)c1. The van der Waals surface area contributed by atoms with Crippen LogP contribution in [0.2, 0.25) is 0 Å². The van der Waals surface area contributed by atoms with Crippen molar-refractivity contribution < 1.29 is 18.3 Å². The van der Waals surface area contributed by atoms with Crippen LogP contribution in [0.5, 0.6) is 0 Å². The molecule has 0 fully saturated rings. The Morgan fingerprint density at radius 3 is 2.65 bits per heavy atom. The Balaban J connectivity index is 2.34. The number of benzene rings is 1. The third-order valence-electron chi connectivity index (χ3n) is 3.49. The summed E-state index contributed by atoms with van der Waals surface area (Å²) in [5, 5.41) is 8.97. The van der Waals surface area contributed by atoms with Crippen LogP contribution < -0.4 is 4.72 Å². The number of aryl methyl sites for hydroxylation is 2.